The second kappa shape index (κ2) is 44.5. The van der Waals surface area contributed by atoms with Gasteiger partial charge in [-0.15, -0.1) is 0 Å². The van der Waals surface area contributed by atoms with Crippen molar-refractivity contribution in [1.29, 1.82) is 0 Å². The summed E-state index contributed by atoms with van der Waals surface area (Å²) in [6, 6.07) is 71.1. The number of aryl methyl sites for hydroxylation is 5. The van der Waals surface area contributed by atoms with E-state index in [1.807, 2.05) is 126 Å². The van der Waals surface area contributed by atoms with Crippen molar-refractivity contribution in [3.63, 3.8) is 0 Å². The van der Waals surface area contributed by atoms with Crippen LogP contribution in [0.25, 0.3) is 44.1 Å². The number of halogens is 5. The number of amides is 4. The zero-order valence-electron chi connectivity index (χ0n) is 79.0. The van der Waals surface area contributed by atoms with Crippen LogP contribution in [-0.2, 0) is 19.6 Å². The standard InChI is InChI=1S/C33H30ClN5O2.C29H32ClN5O.C27H28ClN5O.C20H21Cl2N5O/c1-22-29-30(34)28(33(41)36-26-14-12-25(13-15-26)31(40)24-10-6-3-7-11-24)20-35-32(29)39(37-22)27-16-18-38(19-17-27)21-23-8-4-2-5-9-23;1-19(2)22-9-11-23(12-10-22)32-29(36)25-17-31-28-26(27(25)30)20(3)33-35(28)24-13-15-34(16-14-24)18-21-7-5-4-6-8-21;1-18-8-10-21(11-9-18)30-27(34)23-16-29-26-24(25(23)28)19(2)31-33(26)22-12-14-32(15-13-22)17-20-6-4-3-5-7-20;1-12-17-18(22)16(20(28)24-14-5-3-13(21)4-6-14)11-23-19(17)27(25-12)15-7-9-26(2)10-8-15/h2-15,20,27H,16-19,21H2,1H3,(H,36,41);4-12,17,19,24H,13-16,18H2,1-3H3,(H,32,36);3-11,16,22H,12-15,17H2,1-2H3,(H,30,34);3-6,11,15H,7-10H2,1-2H3,(H,24,28). The summed E-state index contributed by atoms with van der Waals surface area (Å²) in [5.74, 6) is -0.860. The Bertz CT molecular complexity index is 7060. The van der Waals surface area contributed by atoms with Gasteiger partial charge >= 0.3 is 0 Å². The lowest BCUT2D eigenvalue weighted by molar-refractivity contribution is 0.101. The first-order chi connectivity index (χ1) is 67.3. The zero-order chi connectivity index (χ0) is 97.1. The van der Waals surface area contributed by atoms with E-state index in [1.165, 1.54) is 34.6 Å². The number of nitrogens with one attached hydrogen (secondary N) is 4. The Morgan fingerprint density at radius 3 is 0.863 bits per heavy atom. The maximum absolute atomic E-state index is 13.2. The van der Waals surface area contributed by atoms with Gasteiger partial charge in [-0.3, -0.25) is 38.7 Å². The van der Waals surface area contributed by atoms with Gasteiger partial charge in [0.25, 0.3) is 23.6 Å². The van der Waals surface area contributed by atoms with Gasteiger partial charge in [0.1, 0.15) is 0 Å². The molecule has 4 aliphatic heterocycles. The lowest BCUT2D eigenvalue weighted by Gasteiger charge is -2.32. The lowest BCUT2D eigenvalue weighted by atomic mass is 10.0. The van der Waals surface area contributed by atoms with Gasteiger partial charge in [0, 0.05) is 123 Å². The number of nitrogens with zero attached hydrogens (tertiary/aromatic N) is 16. The van der Waals surface area contributed by atoms with Crippen molar-refractivity contribution in [3.8, 4) is 0 Å². The number of hydrogen-bond donors (Lipinski definition) is 4. The van der Waals surface area contributed by atoms with E-state index in [0.717, 1.165) is 196 Å². The third-order valence-corrected chi connectivity index (χ3v) is 28.3. The van der Waals surface area contributed by atoms with Crippen LogP contribution >= 0.6 is 58.0 Å². The van der Waals surface area contributed by atoms with Gasteiger partial charge in [-0.1, -0.05) is 223 Å². The zero-order valence-corrected chi connectivity index (χ0v) is 82.8. The minimum absolute atomic E-state index is 0.0736. The van der Waals surface area contributed by atoms with Crippen LogP contribution in [0.4, 0.5) is 22.7 Å². The van der Waals surface area contributed by atoms with Crippen molar-refractivity contribution in [2.75, 3.05) is 80.7 Å². The fraction of sp³-hybridized carbons (Fsp3) is 0.294. The second-order valence-electron chi connectivity index (χ2n) is 36.6. The number of piperidine rings is 4. The SMILES string of the molecule is Cc1ccc(NC(=O)c2cnc3c(c(C)nn3C3CCN(Cc4ccccc4)CC3)c2Cl)cc1.Cc1nn(C2CCN(C)CC2)c2ncc(C(=O)Nc3ccc(Cl)cc3)c(Cl)c12.Cc1nn(C2CCN(Cc3ccccc3)CC2)c2ncc(C(=O)Nc3ccc(C(=O)c4ccccc4)cc3)c(Cl)c12.Cc1nn(C2CCN(Cc3ccccc3)CC2)c2ncc(C(=O)Nc3ccc(C(C)C)cc3)c(Cl)c12. The molecule has 0 unspecified atom stereocenters. The Kier molecular flexibility index (Phi) is 31.3. The molecule has 0 radical (unpaired) electrons. The molecule has 0 saturated carbocycles. The molecule has 16 aromatic rings. The molecule has 12 heterocycles. The molecule has 4 amide bonds. The molecular weight excluding hydrogens is 1850 g/mol. The Hall–Kier alpha value is -12.9. The number of pyridine rings is 4. The van der Waals surface area contributed by atoms with E-state index in [1.54, 1.807) is 73.1 Å². The van der Waals surface area contributed by atoms with Crippen molar-refractivity contribution in [1.82, 2.24) is 78.7 Å². The monoisotopic (exact) mass is 1950 g/mol. The molecule has 20 rings (SSSR count). The average Bonchev–Trinajstić information content (AvgIpc) is 1.63. The maximum atomic E-state index is 13.2. The van der Waals surface area contributed by atoms with Crippen molar-refractivity contribution < 1.29 is 24.0 Å². The highest BCUT2D eigenvalue weighted by atomic mass is 35.5. The van der Waals surface area contributed by atoms with Gasteiger partial charge in [-0.2, -0.15) is 20.4 Å². The Morgan fingerprint density at radius 2 is 0.576 bits per heavy atom. The topological polar surface area (TPSA) is 269 Å². The van der Waals surface area contributed by atoms with Gasteiger partial charge in [-0.25, -0.2) is 38.7 Å². The van der Waals surface area contributed by atoms with E-state index in [2.05, 4.69) is 167 Å². The van der Waals surface area contributed by atoms with E-state index >= 15 is 0 Å². The summed E-state index contributed by atoms with van der Waals surface area (Å²) in [5.41, 5.74) is 17.6. The highest BCUT2D eigenvalue weighted by Gasteiger charge is 2.33. The van der Waals surface area contributed by atoms with Crippen LogP contribution in [0.1, 0.15) is 203 Å². The third-order valence-electron chi connectivity index (χ3n) is 26.5. The summed E-state index contributed by atoms with van der Waals surface area (Å²) < 4.78 is 7.99. The number of hydrogen-bond acceptors (Lipinski definition) is 17. The summed E-state index contributed by atoms with van der Waals surface area (Å²) in [6.07, 6.45) is 14.2. The molecule has 8 aromatic carbocycles. The van der Waals surface area contributed by atoms with Crippen LogP contribution in [0.5, 0.6) is 0 Å². The molecule has 0 bridgehead atoms. The molecule has 4 aliphatic rings. The van der Waals surface area contributed by atoms with E-state index in [0.29, 0.717) is 87.3 Å². The summed E-state index contributed by atoms with van der Waals surface area (Å²) in [7, 11) is 2.13. The van der Waals surface area contributed by atoms with Crippen LogP contribution in [-0.4, -0.2) is 167 Å². The molecule has 0 atom stereocenters. The Labute approximate surface area is 833 Å². The number of benzene rings is 8. The minimum atomic E-state index is -0.368. The van der Waals surface area contributed by atoms with Gasteiger partial charge < -0.3 is 26.2 Å². The summed E-state index contributed by atoms with van der Waals surface area (Å²) in [5, 5.41) is 35.8. The van der Waals surface area contributed by atoms with Crippen LogP contribution in [0.15, 0.2) is 243 Å². The number of aromatic nitrogens is 12. The van der Waals surface area contributed by atoms with Crippen molar-refractivity contribution in [2.24, 2.45) is 0 Å². The first-order valence-corrected chi connectivity index (χ1v) is 49.2. The summed E-state index contributed by atoms with van der Waals surface area (Å²) >= 11 is 32.8. The van der Waals surface area contributed by atoms with Crippen molar-refractivity contribution >= 4 is 154 Å². The fourth-order valence-corrected chi connectivity index (χ4v) is 20.2. The summed E-state index contributed by atoms with van der Waals surface area (Å²) in [6.45, 7) is 24.9. The summed E-state index contributed by atoms with van der Waals surface area (Å²) in [4.78, 5) is 92.8. The Morgan fingerprint density at radius 1 is 0.324 bits per heavy atom. The number of anilines is 4. The maximum Gasteiger partial charge on any atom is 0.258 e. The van der Waals surface area contributed by atoms with Crippen LogP contribution in [0, 0.1) is 34.6 Å². The van der Waals surface area contributed by atoms with Gasteiger partial charge in [0.2, 0.25) is 0 Å². The predicted molar refractivity (Wildman–Crippen MR) is 556 cm³/mol. The number of carbonyl (C=O) groups is 5. The number of rotatable bonds is 21. The third kappa shape index (κ3) is 23.0. The Balaban J connectivity index is 0.000000129. The molecule has 4 N–H and O–H groups in total. The quantitative estimate of drug-likeness (QED) is 0.0487. The molecule has 4 fully saturated rings. The molecule has 8 aromatic heterocycles. The largest absolute Gasteiger partial charge is 0.322 e. The molecule has 139 heavy (non-hydrogen) atoms. The van der Waals surface area contributed by atoms with Crippen molar-refractivity contribution in [2.45, 2.75) is 150 Å². The molecule has 30 heteroatoms. The molecule has 0 spiro atoms. The smallest absolute Gasteiger partial charge is 0.258 e. The van der Waals surface area contributed by atoms with Gasteiger partial charge in [0.15, 0.2) is 28.4 Å². The molecule has 712 valence electrons. The highest BCUT2D eigenvalue weighted by molar-refractivity contribution is 6.41. The van der Waals surface area contributed by atoms with E-state index in [4.69, 9.17) is 78.4 Å². The molecule has 4 saturated heterocycles. The van der Waals surface area contributed by atoms with E-state index in [-0.39, 0.29) is 53.1 Å². The predicted octanol–water partition coefficient (Wildman–Crippen LogP) is 23.7. The lowest BCUT2D eigenvalue weighted by Crippen LogP contribution is -2.34. The first-order valence-electron chi connectivity index (χ1n) is 47.3. The second-order valence-corrected chi connectivity index (χ2v) is 38.6. The van der Waals surface area contributed by atoms with Crippen LogP contribution in [0.2, 0.25) is 25.1 Å². The number of ketones is 1. The molecule has 0 aliphatic carbocycles. The molecule has 25 nitrogen and oxygen atoms in total. The average molecular weight is 1960 g/mol. The first kappa shape index (κ1) is 97.7. The minimum Gasteiger partial charge on any atom is -0.322 e. The number of likely N-dealkylation sites (tertiary alicyclic amines) is 4. The van der Waals surface area contributed by atoms with Gasteiger partial charge in [-0.05, 0) is 207 Å². The van der Waals surface area contributed by atoms with Crippen molar-refractivity contribution in [3.05, 3.63) is 352 Å². The van der Waals surface area contributed by atoms with E-state index in [9.17, 15) is 24.0 Å². The normalized spacial score (nSPS) is 15.0. The van der Waals surface area contributed by atoms with Crippen LogP contribution in [0.3, 0.4) is 0 Å². The molecular formula is C109H111Cl5N20O5. The van der Waals surface area contributed by atoms with Gasteiger partial charge in [0.05, 0.1) is 111 Å². The van der Waals surface area contributed by atoms with Crippen LogP contribution < -0.4 is 21.3 Å². The number of carbonyl (C=O) groups excluding carboxylic acids is 5. The number of fused-ring (bicyclic) bond motifs is 4. The highest BCUT2D eigenvalue weighted by Crippen LogP contribution is 2.40. The fourth-order valence-electron chi connectivity index (χ4n) is 18.7. The van der Waals surface area contributed by atoms with E-state index < -0.39 is 0 Å².